The number of rotatable bonds is 2. The largest absolute Gasteiger partial charge is 0.496 e. The van der Waals surface area contributed by atoms with E-state index in [0.29, 0.717) is 29.4 Å². The van der Waals surface area contributed by atoms with Gasteiger partial charge in [0.15, 0.2) is 0 Å². The lowest BCUT2D eigenvalue weighted by molar-refractivity contribution is 0.0670. The quantitative estimate of drug-likeness (QED) is 0.904. The summed E-state index contributed by atoms with van der Waals surface area (Å²) in [6.45, 7) is 5.49. The predicted molar refractivity (Wildman–Crippen MR) is 76.0 cm³/mol. The van der Waals surface area contributed by atoms with Crippen LogP contribution in [0.3, 0.4) is 0 Å². The normalized spacial score (nSPS) is 23.3. The fraction of sp³-hybridized carbons (Fsp3) is 0.500. The highest BCUT2D eigenvalue weighted by Gasteiger charge is 2.28. The maximum atomic E-state index is 12.6. The van der Waals surface area contributed by atoms with Crippen molar-refractivity contribution in [2.45, 2.75) is 25.9 Å². The summed E-state index contributed by atoms with van der Waals surface area (Å²) >= 11 is 6.15. The van der Waals surface area contributed by atoms with Gasteiger partial charge in [0.25, 0.3) is 5.91 Å². The molecular formula is C14H19ClN2O2. The smallest absolute Gasteiger partial charge is 0.259 e. The lowest BCUT2D eigenvalue weighted by Gasteiger charge is -2.36. The third-order valence-corrected chi connectivity index (χ3v) is 3.57. The van der Waals surface area contributed by atoms with E-state index in [1.54, 1.807) is 25.3 Å². The average molecular weight is 283 g/mol. The molecule has 2 rings (SSSR count). The number of hydrogen-bond donors (Lipinski definition) is 1. The number of amides is 1. The molecule has 0 radical (unpaired) electrons. The molecular weight excluding hydrogens is 264 g/mol. The summed E-state index contributed by atoms with van der Waals surface area (Å²) in [5.74, 6) is 0.457. The molecule has 1 aromatic carbocycles. The maximum absolute atomic E-state index is 12.6. The summed E-state index contributed by atoms with van der Waals surface area (Å²) in [5.41, 5.74) is 0.452. The molecule has 19 heavy (non-hydrogen) atoms. The molecule has 0 saturated carbocycles. The molecule has 1 aliphatic rings. The minimum atomic E-state index is -0.0670. The van der Waals surface area contributed by atoms with E-state index in [4.69, 9.17) is 16.3 Å². The lowest BCUT2D eigenvalue weighted by Crippen LogP contribution is -2.55. The van der Waals surface area contributed by atoms with Crippen LogP contribution in [0.25, 0.3) is 0 Å². The van der Waals surface area contributed by atoms with E-state index >= 15 is 0 Å². The molecule has 1 heterocycles. The van der Waals surface area contributed by atoms with Gasteiger partial charge in [-0.2, -0.15) is 0 Å². The zero-order valence-corrected chi connectivity index (χ0v) is 12.2. The summed E-state index contributed by atoms with van der Waals surface area (Å²) in [4.78, 5) is 14.5. The number of nitrogens with one attached hydrogen (secondary N) is 1. The number of ether oxygens (including phenoxy) is 1. The van der Waals surface area contributed by atoms with Gasteiger partial charge in [-0.3, -0.25) is 4.79 Å². The van der Waals surface area contributed by atoms with Gasteiger partial charge in [-0.15, -0.1) is 0 Å². The molecule has 0 aliphatic carbocycles. The highest BCUT2D eigenvalue weighted by atomic mass is 35.5. The van der Waals surface area contributed by atoms with E-state index in [1.165, 1.54) is 0 Å². The average Bonchev–Trinajstić information content (AvgIpc) is 2.36. The van der Waals surface area contributed by atoms with Gasteiger partial charge in [-0.1, -0.05) is 17.7 Å². The molecule has 0 bridgehead atoms. The van der Waals surface area contributed by atoms with E-state index < -0.39 is 0 Å². The van der Waals surface area contributed by atoms with Crippen molar-refractivity contribution in [3.63, 3.8) is 0 Å². The Kier molecular flexibility index (Phi) is 4.32. The first kappa shape index (κ1) is 14.2. The number of nitrogens with zero attached hydrogens (tertiary/aromatic N) is 1. The van der Waals surface area contributed by atoms with Gasteiger partial charge in [-0.25, -0.2) is 0 Å². The van der Waals surface area contributed by atoms with Gasteiger partial charge in [-0.05, 0) is 26.0 Å². The van der Waals surface area contributed by atoms with Crippen LogP contribution in [0.4, 0.5) is 0 Å². The molecule has 0 aromatic heterocycles. The maximum Gasteiger partial charge on any atom is 0.259 e. The number of carbonyl (C=O) groups is 1. The molecule has 1 N–H and O–H groups in total. The first-order valence-electron chi connectivity index (χ1n) is 6.40. The second-order valence-corrected chi connectivity index (χ2v) is 5.40. The zero-order valence-electron chi connectivity index (χ0n) is 11.4. The van der Waals surface area contributed by atoms with E-state index in [1.807, 2.05) is 4.90 Å². The predicted octanol–water partition coefficient (Wildman–Crippen LogP) is 2.17. The molecule has 0 spiro atoms. The van der Waals surface area contributed by atoms with Crippen molar-refractivity contribution in [1.29, 1.82) is 0 Å². The van der Waals surface area contributed by atoms with Crippen LogP contribution in [-0.4, -0.2) is 43.1 Å². The van der Waals surface area contributed by atoms with Gasteiger partial charge in [0.05, 0.1) is 12.1 Å². The second kappa shape index (κ2) is 5.80. The highest BCUT2D eigenvalue weighted by molar-refractivity contribution is 6.34. The number of piperazine rings is 1. The van der Waals surface area contributed by atoms with Crippen molar-refractivity contribution in [3.05, 3.63) is 28.8 Å². The summed E-state index contributed by atoms with van der Waals surface area (Å²) < 4.78 is 5.24. The molecule has 0 unspecified atom stereocenters. The van der Waals surface area contributed by atoms with Crippen LogP contribution < -0.4 is 10.1 Å². The third-order valence-electron chi connectivity index (χ3n) is 3.25. The minimum Gasteiger partial charge on any atom is -0.496 e. The summed E-state index contributed by atoms with van der Waals surface area (Å²) in [5, 5.41) is 3.83. The molecule has 104 valence electrons. The van der Waals surface area contributed by atoms with Crippen LogP contribution in [-0.2, 0) is 0 Å². The van der Waals surface area contributed by atoms with Crippen molar-refractivity contribution < 1.29 is 9.53 Å². The van der Waals surface area contributed by atoms with Crippen LogP contribution in [0.2, 0.25) is 5.02 Å². The minimum absolute atomic E-state index is 0.0670. The van der Waals surface area contributed by atoms with E-state index in [0.717, 1.165) is 0 Å². The third kappa shape index (κ3) is 3.01. The van der Waals surface area contributed by atoms with Crippen molar-refractivity contribution in [1.82, 2.24) is 10.2 Å². The van der Waals surface area contributed by atoms with Gasteiger partial charge in [0.2, 0.25) is 0 Å². The molecule has 1 amide bonds. The van der Waals surface area contributed by atoms with Crippen LogP contribution in [0.1, 0.15) is 24.2 Å². The van der Waals surface area contributed by atoms with Crippen LogP contribution in [0.15, 0.2) is 18.2 Å². The highest BCUT2D eigenvalue weighted by Crippen LogP contribution is 2.28. The number of halogens is 1. The van der Waals surface area contributed by atoms with Crippen LogP contribution in [0.5, 0.6) is 5.75 Å². The van der Waals surface area contributed by atoms with E-state index in [2.05, 4.69) is 19.2 Å². The molecule has 5 heteroatoms. The Balaban J connectivity index is 2.29. The van der Waals surface area contributed by atoms with Gasteiger partial charge in [0, 0.05) is 25.2 Å². The Bertz CT molecular complexity index is 469. The van der Waals surface area contributed by atoms with Gasteiger partial charge >= 0.3 is 0 Å². The molecule has 4 nitrogen and oxygen atoms in total. The Hall–Kier alpha value is -1.26. The van der Waals surface area contributed by atoms with E-state index in [-0.39, 0.29) is 18.0 Å². The summed E-state index contributed by atoms with van der Waals surface area (Å²) in [7, 11) is 1.55. The Labute approximate surface area is 118 Å². The Morgan fingerprint density at radius 3 is 2.58 bits per heavy atom. The molecule has 1 saturated heterocycles. The first-order valence-corrected chi connectivity index (χ1v) is 6.78. The number of methoxy groups -OCH3 is 1. The van der Waals surface area contributed by atoms with Gasteiger partial charge in [0.1, 0.15) is 11.3 Å². The summed E-state index contributed by atoms with van der Waals surface area (Å²) in [6.07, 6.45) is 0. The van der Waals surface area contributed by atoms with Gasteiger partial charge < -0.3 is 15.0 Å². The topological polar surface area (TPSA) is 41.6 Å². The molecule has 2 atom stereocenters. The SMILES string of the molecule is COc1cccc(Cl)c1C(=O)N1C[C@H](C)N[C@@H](C)C1. The second-order valence-electron chi connectivity index (χ2n) is 5.00. The number of carbonyl (C=O) groups excluding carboxylic acids is 1. The number of benzene rings is 1. The standard InChI is InChI=1S/C14H19ClN2O2/c1-9-7-17(8-10(2)16-9)14(18)13-11(15)5-4-6-12(13)19-3/h4-6,9-10,16H,7-8H2,1-3H3/t9-,10-/m0/s1. The van der Waals surface area contributed by atoms with Crippen molar-refractivity contribution in [2.24, 2.45) is 0 Å². The van der Waals surface area contributed by atoms with E-state index in [9.17, 15) is 4.79 Å². The monoisotopic (exact) mass is 282 g/mol. The van der Waals surface area contributed by atoms with Crippen molar-refractivity contribution in [3.8, 4) is 5.75 Å². The van der Waals surface area contributed by atoms with Crippen molar-refractivity contribution >= 4 is 17.5 Å². The zero-order chi connectivity index (χ0) is 14.0. The summed E-state index contributed by atoms with van der Waals surface area (Å²) in [6, 6.07) is 5.81. The Morgan fingerprint density at radius 2 is 2.00 bits per heavy atom. The molecule has 1 aromatic rings. The lowest BCUT2D eigenvalue weighted by atomic mass is 10.1. The van der Waals surface area contributed by atoms with Crippen LogP contribution >= 0.6 is 11.6 Å². The Morgan fingerprint density at radius 1 is 1.37 bits per heavy atom. The van der Waals surface area contributed by atoms with Crippen LogP contribution in [0, 0.1) is 0 Å². The first-order chi connectivity index (χ1) is 9.02. The fourth-order valence-electron chi connectivity index (χ4n) is 2.53. The molecule has 1 aliphatic heterocycles. The fourth-order valence-corrected chi connectivity index (χ4v) is 2.78. The van der Waals surface area contributed by atoms with Crippen molar-refractivity contribution in [2.75, 3.05) is 20.2 Å². The number of hydrogen-bond acceptors (Lipinski definition) is 3. The molecule has 1 fully saturated rings.